The van der Waals surface area contributed by atoms with Gasteiger partial charge in [0.2, 0.25) is 5.88 Å². The molecule has 1 aliphatic rings. The van der Waals surface area contributed by atoms with Crippen LogP contribution < -0.4 is 24.8 Å². The van der Waals surface area contributed by atoms with Gasteiger partial charge < -0.3 is 24.8 Å². The summed E-state index contributed by atoms with van der Waals surface area (Å²) in [7, 11) is 6.75. The number of benzene rings is 1. The van der Waals surface area contributed by atoms with Crippen molar-refractivity contribution in [3.8, 4) is 17.4 Å². The molecule has 3 rings (SSSR count). The first-order valence-electron chi connectivity index (χ1n) is 10.0. The zero-order valence-electron chi connectivity index (χ0n) is 18.1. The molecule has 2 aromatic rings. The molecule has 0 radical (unpaired) electrons. The number of aliphatic imine (C=N–C) groups is 1. The fourth-order valence-electron chi connectivity index (χ4n) is 3.52. The van der Waals surface area contributed by atoms with Crippen LogP contribution in [0.4, 0.5) is 0 Å². The van der Waals surface area contributed by atoms with Gasteiger partial charge in [0.05, 0.1) is 21.3 Å². The van der Waals surface area contributed by atoms with E-state index in [0.717, 1.165) is 49.1 Å². The molecule has 0 spiro atoms. The van der Waals surface area contributed by atoms with Gasteiger partial charge in [0, 0.05) is 57.6 Å². The summed E-state index contributed by atoms with van der Waals surface area (Å²) in [5, 5.41) is 6.87. The molecule has 2 heterocycles. The Bertz CT molecular complexity index is 819. The minimum absolute atomic E-state index is 0.345. The summed E-state index contributed by atoms with van der Waals surface area (Å²) in [5.74, 6) is 3.04. The quantitative estimate of drug-likeness (QED) is 0.506. The highest BCUT2D eigenvalue weighted by Crippen LogP contribution is 2.24. The van der Waals surface area contributed by atoms with E-state index in [1.807, 2.05) is 18.2 Å². The van der Waals surface area contributed by atoms with Gasteiger partial charge in [-0.15, -0.1) is 0 Å². The first kappa shape index (κ1) is 21.7. The lowest BCUT2D eigenvalue weighted by Gasteiger charge is -2.19. The second-order valence-electron chi connectivity index (χ2n) is 7.22. The predicted molar refractivity (Wildman–Crippen MR) is 117 cm³/mol. The Morgan fingerprint density at radius 3 is 2.47 bits per heavy atom. The molecule has 0 amide bonds. The summed E-state index contributed by atoms with van der Waals surface area (Å²) in [6.45, 7) is 3.48. The van der Waals surface area contributed by atoms with E-state index in [2.05, 4.69) is 37.6 Å². The second kappa shape index (κ2) is 10.7. The Labute approximate surface area is 178 Å². The zero-order chi connectivity index (χ0) is 21.3. The Hall–Kier alpha value is -3.00. The second-order valence-corrected chi connectivity index (χ2v) is 7.22. The number of nitrogens with zero attached hydrogens (tertiary/aromatic N) is 3. The summed E-state index contributed by atoms with van der Waals surface area (Å²) >= 11 is 0. The Morgan fingerprint density at radius 1 is 1.10 bits per heavy atom. The van der Waals surface area contributed by atoms with Crippen LogP contribution in [0.3, 0.4) is 0 Å². The summed E-state index contributed by atoms with van der Waals surface area (Å²) < 4.78 is 15.9. The molecule has 1 atom stereocenters. The molecule has 0 aliphatic carbocycles. The number of ether oxygens (including phenoxy) is 3. The number of methoxy groups -OCH3 is 3. The molecule has 1 aromatic carbocycles. The van der Waals surface area contributed by atoms with Crippen molar-refractivity contribution in [3.05, 3.63) is 47.7 Å². The molecule has 8 nitrogen and oxygen atoms in total. The molecule has 30 heavy (non-hydrogen) atoms. The number of likely N-dealkylation sites (tertiary alicyclic amines) is 1. The molecular formula is C22H31N5O3. The maximum Gasteiger partial charge on any atom is 0.212 e. The third-order valence-electron chi connectivity index (χ3n) is 5.12. The van der Waals surface area contributed by atoms with Crippen LogP contribution in [0.2, 0.25) is 0 Å². The number of guanidine groups is 1. The van der Waals surface area contributed by atoms with E-state index in [-0.39, 0.29) is 0 Å². The highest BCUT2D eigenvalue weighted by atomic mass is 16.5. The average molecular weight is 414 g/mol. The molecule has 1 aromatic heterocycles. The fourth-order valence-corrected chi connectivity index (χ4v) is 3.52. The van der Waals surface area contributed by atoms with E-state index in [1.165, 1.54) is 5.56 Å². The lowest BCUT2D eigenvalue weighted by atomic mass is 10.2. The Kier molecular flexibility index (Phi) is 7.73. The van der Waals surface area contributed by atoms with E-state index in [9.17, 15) is 0 Å². The minimum atomic E-state index is 0.345. The summed E-state index contributed by atoms with van der Waals surface area (Å²) in [6, 6.07) is 10.2. The number of pyridine rings is 1. The van der Waals surface area contributed by atoms with Crippen LogP contribution in [-0.4, -0.2) is 63.4 Å². The third kappa shape index (κ3) is 6.00. The van der Waals surface area contributed by atoms with E-state index in [0.29, 0.717) is 18.5 Å². The van der Waals surface area contributed by atoms with Crippen LogP contribution in [0, 0.1) is 0 Å². The van der Waals surface area contributed by atoms with Crippen molar-refractivity contribution in [1.29, 1.82) is 0 Å². The molecule has 8 heteroatoms. The molecular weight excluding hydrogens is 382 g/mol. The van der Waals surface area contributed by atoms with Gasteiger partial charge in [-0.2, -0.15) is 0 Å². The van der Waals surface area contributed by atoms with Crippen molar-refractivity contribution in [1.82, 2.24) is 20.5 Å². The fraction of sp³-hybridized carbons (Fsp3) is 0.455. The number of hydrogen-bond donors (Lipinski definition) is 2. The van der Waals surface area contributed by atoms with Crippen molar-refractivity contribution in [2.45, 2.75) is 25.6 Å². The molecule has 2 N–H and O–H groups in total. The largest absolute Gasteiger partial charge is 0.497 e. The van der Waals surface area contributed by atoms with E-state index >= 15 is 0 Å². The average Bonchev–Trinajstić information content (AvgIpc) is 3.23. The van der Waals surface area contributed by atoms with Gasteiger partial charge >= 0.3 is 0 Å². The van der Waals surface area contributed by atoms with Crippen LogP contribution >= 0.6 is 0 Å². The van der Waals surface area contributed by atoms with E-state index in [1.54, 1.807) is 34.6 Å². The maximum atomic E-state index is 5.38. The van der Waals surface area contributed by atoms with Gasteiger partial charge in [0.1, 0.15) is 11.5 Å². The molecule has 0 bridgehead atoms. The van der Waals surface area contributed by atoms with Crippen molar-refractivity contribution in [3.63, 3.8) is 0 Å². The summed E-state index contributed by atoms with van der Waals surface area (Å²) in [4.78, 5) is 11.0. The molecule has 1 unspecified atom stereocenters. The van der Waals surface area contributed by atoms with Crippen molar-refractivity contribution < 1.29 is 14.2 Å². The van der Waals surface area contributed by atoms with Crippen LogP contribution in [0.25, 0.3) is 0 Å². The smallest absolute Gasteiger partial charge is 0.212 e. The van der Waals surface area contributed by atoms with Crippen LogP contribution in [0.1, 0.15) is 17.5 Å². The Balaban J connectivity index is 1.49. The van der Waals surface area contributed by atoms with Crippen LogP contribution in [0.5, 0.6) is 17.4 Å². The third-order valence-corrected chi connectivity index (χ3v) is 5.12. The van der Waals surface area contributed by atoms with Crippen LogP contribution in [0.15, 0.2) is 41.5 Å². The monoisotopic (exact) mass is 413 g/mol. The number of nitrogens with one attached hydrogen (secondary N) is 2. The lowest BCUT2D eigenvalue weighted by molar-refractivity contribution is 0.321. The highest BCUT2D eigenvalue weighted by Gasteiger charge is 2.23. The molecule has 1 aliphatic heterocycles. The van der Waals surface area contributed by atoms with Gasteiger partial charge in [-0.05, 0) is 29.7 Å². The minimum Gasteiger partial charge on any atom is -0.497 e. The molecule has 1 fully saturated rings. The lowest BCUT2D eigenvalue weighted by Crippen LogP contribution is -2.44. The number of rotatable bonds is 8. The number of aromatic nitrogens is 1. The van der Waals surface area contributed by atoms with E-state index in [4.69, 9.17) is 14.2 Å². The first-order chi connectivity index (χ1) is 14.6. The number of hydrogen-bond acceptors (Lipinski definition) is 6. The van der Waals surface area contributed by atoms with Gasteiger partial charge in [-0.1, -0.05) is 6.07 Å². The zero-order valence-corrected chi connectivity index (χ0v) is 18.1. The predicted octanol–water partition coefficient (Wildman–Crippen LogP) is 2.05. The van der Waals surface area contributed by atoms with Gasteiger partial charge in [0.15, 0.2) is 5.96 Å². The van der Waals surface area contributed by atoms with Crippen LogP contribution in [-0.2, 0) is 13.1 Å². The van der Waals surface area contributed by atoms with E-state index < -0.39 is 0 Å². The maximum absolute atomic E-state index is 5.38. The SMILES string of the molecule is CN=C(NCc1ccc(OC)nc1)NC1CCN(Cc2cc(OC)cc(OC)c2)C1. The molecule has 162 valence electrons. The van der Waals surface area contributed by atoms with Gasteiger partial charge in [-0.25, -0.2) is 4.98 Å². The normalized spacial score (nSPS) is 16.9. The standard InChI is InChI=1S/C22H31N5O3/c1-23-22(25-13-16-5-6-21(30-4)24-12-16)26-18-7-8-27(15-18)14-17-9-19(28-2)11-20(10-17)29-3/h5-6,9-12,18H,7-8,13-15H2,1-4H3,(H2,23,25,26). The summed E-state index contributed by atoms with van der Waals surface area (Å²) in [5.41, 5.74) is 2.25. The first-order valence-corrected chi connectivity index (χ1v) is 10.0. The van der Waals surface area contributed by atoms with Gasteiger partial charge in [0.25, 0.3) is 0 Å². The Morgan fingerprint density at radius 2 is 1.87 bits per heavy atom. The van der Waals surface area contributed by atoms with Crippen molar-refractivity contribution >= 4 is 5.96 Å². The topological polar surface area (TPSA) is 80.2 Å². The van der Waals surface area contributed by atoms with Gasteiger partial charge in [-0.3, -0.25) is 9.89 Å². The summed E-state index contributed by atoms with van der Waals surface area (Å²) in [6.07, 6.45) is 2.87. The van der Waals surface area contributed by atoms with Crippen molar-refractivity contribution in [2.24, 2.45) is 4.99 Å². The van der Waals surface area contributed by atoms with Crippen molar-refractivity contribution in [2.75, 3.05) is 41.5 Å². The highest BCUT2D eigenvalue weighted by molar-refractivity contribution is 5.80. The molecule has 1 saturated heterocycles. The molecule has 0 saturated carbocycles.